The predicted molar refractivity (Wildman–Crippen MR) is 98.6 cm³/mol. The van der Waals surface area contributed by atoms with Gasteiger partial charge in [-0.1, -0.05) is 0 Å². The van der Waals surface area contributed by atoms with Crippen LogP contribution in [0.15, 0.2) is 12.1 Å². The van der Waals surface area contributed by atoms with E-state index in [1.807, 2.05) is 29.5 Å². The van der Waals surface area contributed by atoms with Gasteiger partial charge in [-0.2, -0.15) is 14.7 Å². The van der Waals surface area contributed by atoms with E-state index in [1.54, 1.807) is 4.68 Å². The van der Waals surface area contributed by atoms with Crippen molar-refractivity contribution in [1.82, 2.24) is 34.5 Å². The molecular weight excluding hydrogens is 342 g/mol. The largest absolute Gasteiger partial charge is 0.337 e. The summed E-state index contributed by atoms with van der Waals surface area (Å²) in [5.41, 5.74) is 4.85. The average Bonchev–Trinajstić information content (AvgIpc) is 3.37. The second kappa shape index (κ2) is 6.14. The van der Waals surface area contributed by atoms with Crippen LogP contribution in [0.5, 0.6) is 0 Å². The van der Waals surface area contributed by atoms with Crippen LogP contribution in [0.3, 0.4) is 0 Å². The van der Waals surface area contributed by atoms with Crippen LogP contribution in [0, 0.1) is 6.92 Å². The van der Waals surface area contributed by atoms with E-state index in [2.05, 4.69) is 21.4 Å². The molecule has 1 aliphatic heterocycles. The number of rotatable bonds is 2. The van der Waals surface area contributed by atoms with Crippen LogP contribution in [-0.4, -0.2) is 53.5 Å². The van der Waals surface area contributed by atoms with Gasteiger partial charge >= 0.3 is 0 Å². The number of carbonyl (C=O) groups is 1. The topological polar surface area (TPSA) is 81.2 Å². The molecule has 4 heterocycles. The van der Waals surface area contributed by atoms with Crippen molar-refractivity contribution in [3.8, 4) is 0 Å². The Kier molecular flexibility index (Phi) is 3.73. The minimum Gasteiger partial charge on any atom is -0.337 e. The molecule has 1 saturated heterocycles. The summed E-state index contributed by atoms with van der Waals surface area (Å²) in [6.07, 6.45) is 5.06. The molecule has 0 atom stereocenters. The maximum Gasteiger partial charge on any atom is 0.272 e. The third-order valence-corrected chi connectivity index (χ3v) is 5.81. The van der Waals surface area contributed by atoms with Crippen LogP contribution in [0.1, 0.15) is 58.4 Å². The second-order valence-corrected chi connectivity index (χ2v) is 7.66. The molecule has 0 bridgehead atoms. The monoisotopic (exact) mass is 365 g/mol. The van der Waals surface area contributed by atoms with Gasteiger partial charge in [0.2, 0.25) is 0 Å². The van der Waals surface area contributed by atoms with Gasteiger partial charge in [-0.25, -0.2) is 0 Å². The lowest BCUT2D eigenvalue weighted by atomic mass is 9.96. The highest BCUT2D eigenvalue weighted by atomic mass is 16.2. The fourth-order valence-electron chi connectivity index (χ4n) is 4.36. The zero-order valence-corrected chi connectivity index (χ0v) is 15.7. The van der Waals surface area contributed by atoms with Crippen molar-refractivity contribution in [2.24, 2.45) is 7.05 Å². The Morgan fingerprint density at radius 1 is 1.11 bits per heavy atom. The average molecular weight is 365 g/mol. The van der Waals surface area contributed by atoms with Crippen molar-refractivity contribution in [2.75, 3.05) is 13.1 Å². The van der Waals surface area contributed by atoms with Crippen molar-refractivity contribution in [2.45, 2.75) is 44.9 Å². The van der Waals surface area contributed by atoms with Gasteiger partial charge in [0, 0.05) is 26.1 Å². The molecule has 8 nitrogen and oxygen atoms in total. The number of hydrogen-bond donors (Lipinski definition) is 0. The van der Waals surface area contributed by atoms with E-state index in [0.717, 1.165) is 42.8 Å². The Morgan fingerprint density at radius 3 is 2.67 bits per heavy atom. The minimum atomic E-state index is 0.0543. The molecule has 1 amide bonds. The normalized spacial score (nSPS) is 17.6. The predicted octanol–water partition coefficient (Wildman–Crippen LogP) is 1.67. The molecule has 0 spiro atoms. The zero-order chi connectivity index (χ0) is 18.5. The number of likely N-dealkylation sites (tertiary alicyclic amines) is 1. The molecule has 0 saturated carbocycles. The number of aryl methyl sites for hydroxylation is 4. The van der Waals surface area contributed by atoms with E-state index in [1.165, 1.54) is 17.7 Å². The lowest BCUT2D eigenvalue weighted by molar-refractivity contribution is 0.0699. The van der Waals surface area contributed by atoms with Gasteiger partial charge in [0.25, 0.3) is 5.91 Å². The first-order valence-electron chi connectivity index (χ1n) is 9.64. The van der Waals surface area contributed by atoms with Gasteiger partial charge in [0.05, 0.1) is 11.4 Å². The smallest absolute Gasteiger partial charge is 0.272 e. The minimum absolute atomic E-state index is 0.0543. The molecule has 0 aromatic carbocycles. The molecule has 8 heteroatoms. The number of carbonyl (C=O) groups excluding carboxylic acids is 1. The molecule has 0 N–H and O–H groups in total. The zero-order valence-electron chi connectivity index (χ0n) is 15.7. The molecule has 27 heavy (non-hydrogen) atoms. The third kappa shape index (κ3) is 2.70. The van der Waals surface area contributed by atoms with Crippen LogP contribution in [0.2, 0.25) is 0 Å². The first-order valence-corrected chi connectivity index (χ1v) is 9.64. The van der Waals surface area contributed by atoms with Crippen molar-refractivity contribution < 1.29 is 4.79 Å². The summed E-state index contributed by atoms with van der Waals surface area (Å²) in [7, 11) is 1.82. The second-order valence-electron chi connectivity index (χ2n) is 7.66. The molecule has 2 aliphatic rings. The Balaban J connectivity index is 1.34. The quantitative estimate of drug-likeness (QED) is 0.690. The van der Waals surface area contributed by atoms with E-state index in [0.29, 0.717) is 18.8 Å². The van der Waals surface area contributed by atoms with Gasteiger partial charge in [-0.05, 0) is 56.7 Å². The Morgan fingerprint density at radius 2 is 1.93 bits per heavy atom. The van der Waals surface area contributed by atoms with Crippen LogP contribution in [-0.2, 0) is 19.9 Å². The number of amides is 1. The summed E-state index contributed by atoms with van der Waals surface area (Å²) in [4.78, 5) is 14.7. The summed E-state index contributed by atoms with van der Waals surface area (Å²) < 4.78 is 3.59. The molecule has 1 aliphatic carbocycles. The van der Waals surface area contributed by atoms with E-state index < -0.39 is 0 Å². The van der Waals surface area contributed by atoms with Gasteiger partial charge in [0.15, 0.2) is 11.5 Å². The maximum atomic E-state index is 12.8. The van der Waals surface area contributed by atoms with E-state index in [4.69, 9.17) is 5.10 Å². The molecule has 5 rings (SSSR count). The SMILES string of the molecule is Cc1cc(C(=O)N2CCC(c3nnc4cc5c(nn34)CCC5)CC2)n(C)n1. The Bertz CT molecular complexity index is 1030. The van der Waals surface area contributed by atoms with Crippen LogP contribution in [0.25, 0.3) is 5.65 Å². The summed E-state index contributed by atoms with van der Waals surface area (Å²) in [5.74, 6) is 1.27. The standard InChI is InChI=1S/C19H23N7O/c1-12-10-16(24(2)22-12)19(27)25-8-6-13(7-9-25)18-21-20-17-11-14-4-3-5-15(14)23-26(17)18/h10-11,13H,3-9H2,1-2H3. The molecule has 140 valence electrons. The summed E-state index contributed by atoms with van der Waals surface area (Å²) in [5, 5.41) is 17.9. The van der Waals surface area contributed by atoms with Crippen molar-refractivity contribution in [1.29, 1.82) is 0 Å². The summed E-state index contributed by atoms with van der Waals surface area (Å²) in [6.45, 7) is 3.34. The lowest BCUT2D eigenvalue weighted by Crippen LogP contribution is -2.39. The lowest BCUT2D eigenvalue weighted by Gasteiger charge is -2.31. The van der Waals surface area contributed by atoms with Gasteiger partial charge in [-0.15, -0.1) is 10.2 Å². The Labute approximate surface area is 157 Å². The molecule has 3 aromatic rings. The first-order chi connectivity index (χ1) is 13.1. The number of piperidine rings is 1. The van der Waals surface area contributed by atoms with Crippen LogP contribution >= 0.6 is 0 Å². The third-order valence-electron chi connectivity index (χ3n) is 5.81. The van der Waals surface area contributed by atoms with E-state index >= 15 is 0 Å². The van der Waals surface area contributed by atoms with E-state index in [-0.39, 0.29) is 11.8 Å². The molecule has 0 radical (unpaired) electrons. The van der Waals surface area contributed by atoms with Crippen molar-refractivity contribution in [3.63, 3.8) is 0 Å². The highest BCUT2D eigenvalue weighted by Gasteiger charge is 2.29. The number of nitrogens with zero attached hydrogens (tertiary/aromatic N) is 7. The molecule has 3 aromatic heterocycles. The van der Waals surface area contributed by atoms with Crippen LogP contribution in [0.4, 0.5) is 0 Å². The van der Waals surface area contributed by atoms with Crippen molar-refractivity contribution >= 4 is 11.6 Å². The molecule has 0 unspecified atom stereocenters. The summed E-state index contributed by atoms with van der Waals surface area (Å²) >= 11 is 0. The number of fused-ring (bicyclic) bond motifs is 2. The molecular formula is C19H23N7O. The fourth-order valence-corrected chi connectivity index (χ4v) is 4.36. The highest BCUT2D eigenvalue weighted by Crippen LogP contribution is 2.29. The van der Waals surface area contributed by atoms with Crippen LogP contribution < -0.4 is 0 Å². The molecule has 1 fully saturated rings. The number of hydrogen-bond acceptors (Lipinski definition) is 5. The van der Waals surface area contributed by atoms with Gasteiger partial charge in [0.1, 0.15) is 5.69 Å². The first kappa shape index (κ1) is 16.4. The summed E-state index contributed by atoms with van der Waals surface area (Å²) in [6, 6.07) is 3.99. The Hall–Kier alpha value is -2.77. The highest BCUT2D eigenvalue weighted by molar-refractivity contribution is 5.92. The van der Waals surface area contributed by atoms with Gasteiger partial charge < -0.3 is 4.90 Å². The van der Waals surface area contributed by atoms with Crippen molar-refractivity contribution in [3.05, 3.63) is 40.6 Å². The van der Waals surface area contributed by atoms with E-state index in [9.17, 15) is 4.79 Å². The maximum absolute atomic E-state index is 12.8. The van der Waals surface area contributed by atoms with Gasteiger partial charge in [-0.3, -0.25) is 9.48 Å². The number of aromatic nitrogens is 6. The fraction of sp³-hybridized carbons (Fsp3) is 0.526.